The number of nitrogens with zero attached hydrogens (tertiary/aromatic N) is 1. The molecule has 1 fully saturated rings. The van der Waals surface area contributed by atoms with Crippen LogP contribution in [0.15, 0.2) is 0 Å². The van der Waals surface area contributed by atoms with Crippen molar-refractivity contribution in [3.8, 4) is 0 Å². The molecule has 0 aromatic carbocycles. The van der Waals surface area contributed by atoms with Crippen LogP contribution in [0.5, 0.6) is 0 Å². The summed E-state index contributed by atoms with van der Waals surface area (Å²) in [7, 11) is 1.74. The van der Waals surface area contributed by atoms with Gasteiger partial charge >= 0.3 is 5.97 Å². The highest BCUT2D eigenvalue weighted by Crippen LogP contribution is 2.22. The average molecular weight is 243 g/mol. The highest BCUT2D eigenvalue weighted by Gasteiger charge is 2.37. The maximum absolute atomic E-state index is 12.1. The highest BCUT2D eigenvalue weighted by atomic mass is 16.5. The lowest BCUT2D eigenvalue weighted by Gasteiger charge is -2.29. The lowest BCUT2D eigenvalue weighted by molar-refractivity contribution is -0.155. The number of likely N-dealkylation sites (N-methyl/N-ethyl adjacent to an activating group) is 1. The minimum atomic E-state index is -0.986. The molecule has 0 bridgehead atoms. The maximum Gasteiger partial charge on any atom is 0.332 e. The zero-order chi connectivity index (χ0) is 13.2. The fraction of sp³-hybridized carbons (Fsp3) is 0.833. The summed E-state index contributed by atoms with van der Waals surface area (Å²) >= 11 is 0. The van der Waals surface area contributed by atoms with Gasteiger partial charge in [0.2, 0.25) is 0 Å². The van der Waals surface area contributed by atoms with Crippen LogP contribution in [0.25, 0.3) is 0 Å². The van der Waals surface area contributed by atoms with E-state index in [1.807, 2.05) is 20.8 Å². The Morgan fingerprint density at radius 2 is 1.76 bits per heavy atom. The van der Waals surface area contributed by atoms with E-state index in [-0.39, 0.29) is 11.9 Å². The number of carbonyl (C=O) groups is 2. The zero-order valence-corrected chi connectivity index (χ0v) is 10.8. The summed E-state index contributed by atoms with van der Waals surface area (Å²) in [5.74, 6) is -0.740. The summed E-state index contributed by atoms with van der Waals surface area (Å²) in [6.45, 7) is 6.07. The Hall–Kier alpha value is -1.10. The number of carboxylic acids is 1. The van der Waals surface area contributed by atoms with Crippen molar-refractivity contribution in [2.75, 3.05) is 7.05 Å². The second-order valence-corrected chi connectivity index (χ2v) is 4.96. The van der Waals surface area contributed by atoms with Crippen LogP contribution in [-0.2, 0) is 14.3 Å². The first-order valence-electron chi connectivity index (χ1n) is 5.99. The van der Waals surface area contributed by atoms with Crippen LogP contribution in [0.2, 0.25) is 0 Å². The van der Waals surface area contributed by atoms with Gasteiger partial charge in [-0.2, -0.15) is 0 Å². The zero-order valence-electron chi connectivity index (χ0n) is 10.8. The second-order valence-electron chi connectivity index (χ2n) is 4.96. The number of carbonyl (C=O) groups excluding carboxylic acids is 1. The van der Waals surface area contributed by atoms with Gasteiger partial charge in [0.15, 0.2) is 6.10 Å². The van der Waals surface area contributed by atoms with Gasteiger partial charge in [0.1, 0.15) is 6.10 Å². The van der Waals surface area contributed by atoms with E-state index in [4.69, 9.17) is 9.84 Å². The normalized spacial score (nSPS) is 25.9. The number of aliphatic carboxylic acids is 1. The Bertz CT molecular complexity index is 303. The molecule has 0 spiro atoms. The van der Waals surface area contributed by atoms with E-state index in [9.17, 15) is 9.59 Å². The van der Waals surface area contributed by atoms with Crippen molar-refractivity contribution in [3.05, 3.63) is 0 Å². The predicted molar refractivity (Wildman–Crippen MR) is 62.6 cm³/mol. The summed E-state index contributed by atoms with van der Waals surface area (Å²) < 4.78 is 5.24. The largest absolute Gasteiger partial charge is 0.479 e. The third-order valence-electron chi connectivity index (χ3n) is 3.49. The van der Waals surface area contributed by atoms with Gasteiger partial charge in [0.25, 0.3) is 5.91 Å². The van der Waals surface area contributed by atoms with Crippen LogP contribution >= 0.6 is 0 Å². The number of ether oxygens (including phenoxy) is 1. The molecule has 17 heavy (non-hydrogen) atoms. The van der Waals surface area contributed by atoms with Gasteiger partial charge in [0, 0.05) is 13.1 Å². The number of carboxylic acid groups (broad SMARTS) is 1. The van der Waals surface area contributed by atoms with Crippen molar-refractivity contribution < 1.29 is 19.4 Å². The molecular weight excluding hydrogens is 222 g/mol. The summed E-state index contributed by atoms with van der Waals surface area (Å²) in [5.41, 5.74) is 0. The molecule has 3 unspecified atom stereocenters. The summed E-state index contributed by atoms with van der Waals surface area (Å²) in [6.07, 6.45) is -0.519. The molecule has 1 aliphatic heterocycles. The first-order chi connectivity index (χ1) is 7.84. The summed E-state index contributed by atoms with van der Waals surface area (Å²) in [5, 5.41) is 8.80. The third kappa shape index (κ3) is 3.19. The number of amides is 1. The number of hydrogen-bond donors (Lipinski definition) is 1. The number of rotatable bonds is 4. The van der Waals surface area contributed by atoms with Gasteiger partial charge in [-0.25, -0.2) is 4.79 Å². The topological polar surface area (TPSA) is 66.8 Å². The second kappa shape index (κ2) is 5.49. The van der Waals surface area contributed by atoms with Crippen LogP contribution in [0.1, 0.15) is 33.6 Å². The quantitative estimate of drug-likeness (QED) is 0.803. The van der Waals surface area contributed by atoms with Gasteiger partial charge in [-0.15, -0.1) is 0 Å². The summed E-state index contributed by atoms with van der Waals surface area (Å²) in [4.78, 5) is 24.5. The molecule has 0 saturated carbocycles. The summed E-state index contributed by atoms with van der Waals surface area (Å²) in [6, 6.07) is 0.120. The molecule has 1 heterocycles. The van der Waals surface area contributed by atoms with Crippen molar-refractivity contribution in [1.82, 2.24) is 4.90 Å². The fourth-order valence-electron chi connectivity index (χ4n) is 1.88. The Morgan fingerprint density at radius 3 is 2.18 bits per heavy atom. The monoisotopic (exact) mass is 243 g/mol. The standard InChI is InChI=1S/C12H21NO4/c1-7(2)8(3)13(4)11(14)9-5-6-10(17-9)12(15)16/h7-10H,5-6H2,1-4H3,(H,15,16). The van der Waals surface area contributed by atoms with Crippen LogP contribution in [0.3, 0.4) is 0 Å². The molecule has 1 aliphatic rings. The first-order valence-corrected chi connectivity index (χ1v) is 5.99. The highest BCUT2D eigenvalue weighted by molar-refractivity contribution is 5.82. The Balaban J connectivity index is 2.57. The lowest BCUT2D eigenvalue weighted by atomic mass is 10.0. The van der Waals surface area contributed by atoms with Crippen LogP contribution in [0, 0.1) is 5.92 Å². The van der Waals surface area contributed by atoms with E-state index in [2.05, 4.69) is 0 Å². The molecule has 0 aromatic heterocycles. The SMILES string of the molecule is CC(C)C(C)N(C)C(=O)C1CCC(C(=O)O)O1. The van der Waals surface area contributed by atoms with Crippen LogP contribution in [-0.4, -0.2) is 47.2 Å². The molecule has 1 rings (SSSR count). The van der Waals surface area contributed by atoms with Gasteiger partial charge in [-0.3, -0.25) is 4.79 Å². The van der Waals surface area contributed by atoms with Gasteiger partial charge in [-0.1, -0.05) is 13.8 Å². The molecular formula is C12H21NO4. The minimum absolute atomic E-state index is 0.116. The van der Waals surface area contributed by atoms with Crippen LogP contribution in [0.4, 0.5) is 0 Å². The van der Waals surface area contributed by atoms with E-state index >= 15 is 0 Å². The Morgan fingerprint density at radius 1 is 1.24 bits per heavy atom. The molecule has 1 amide bonds. The Kier molecular flexibility index (Phi) is 4.51. The van der Waals surface area contributed by atoms with E-state index in [1.165, 1.54) is 0 Å². The van der Waals surface area contributed by atoms with E-state index in [1.54, 1.807) is 11.9 Å². The molecule has 0 aromatic rings. The fourth-order valence-corrected chi connectivity index (χ4v) is 1.88. The van der Waals surface area contributed by atoms with Crippen molar-refractivity contribution >= 4 is 11.9 Å². The predicted octanol–water partition coefficient (Wildman–Crippen LogP) is 1.12. The maximum atomic E-state index is 12.1. The molecule has 0 radical (unpaired) electrons. The van der Waals surface area contributed by atoms with Crippen molar-refractivity contribution in [3.63, 3.8) is 0 Å². The molecule has 1 N–H and O–H groups in total. The van der Waals surface area contributed by atoms with E-state index < -0.39 is 18.2 Å². The molecule has 98 valence electrons. The lowest BCUT2D eigenvalue weighted by Crippen LogP contribution is -2.44. The van der Waals surface area contributed by atoms with Crippen LogP contribution < -0.4 is 0 Å². The third-order valence-corrected chi connectivity index (χ3v) is 3.49. The van der Waals surface area contributed by atoms with E-state index in [0.717, 1.165) is 0 Å². The van der Waals surface area contributed by atoms with Gasteiger partial charge in [-0.05, 0) is 25.7 Å². The van der Waals surface area contributed by atoms with Gasteiger partial charge in [0.05, 0.1) is 0 Å². The average Bonchev–Trinajstić information content (AvgIpc) is 2.75. The molecule has 0 aliphatic carbocycles. The van der Waals surface area contributed by atoms with Crippen molar-refractivity contribution in [2.45, 2.75) is 51.9 Å². The number of hydrogen-bond acceptors (Lipinski definition) is 3. The van der Waals surface area contributed by atoms with Crippen molar-refractivity contribution in [2.24, 2.45) is 5.92 Å². The molecule has 1 saturated heterocycles. The Labute approximate surface area is 102 Å². The first kappa shape index (κ1) is 14.0. The molecule has 5 nitrogen and oxygen atoms in total. The molecule has 5 heteroatoms. The van der Waals surface area contributed by atoms with E-state index in [0.29, 0.717) is 18.8 Å². The smallest absolute Gasteiger partial charge is 0.332 e. The minimum Gasteiger partial charge on any atom is -0.479 e. The van der Waals surface area contributed by atoms with Crippen molar-refractivity contribution in [1.29, 1.82) is 0 Å². The van der Waals surface area contributed by atoms with Gasteiger partial charge < -0.3 is 14.7 Å². The molecule has 3 atom stereocenters.